The van der Waals surface area contributed by atoms with Gasteiger partial charge < -0.3 is 5.32 Å². The van der Waals surface area contributed by atoms with Gasteiger partial charge in [0.15, 0.2) is 0 Å². The minimum absolute atomic E-state index is 0.867. The Morgan fingerprint density at radius 2 is 1.94 bits per heavy atom. The zero-order valence-electron chi connectivity index (χ0n) is 11.8. The van der Waals surface area contributed by atoms with Crippen molar-refractivity contribution in [2.24, 2.45) is 5.92 Å². The van der Waals surface area contributed by atoms with E-state index in [9.17, 15) is 0 Å². The van der Waals surface area contributed by atoms with Gasteiger partial charge in [-0.1, -0.05) is 38.1 Å². The lowest BCUT2D eigenvalue weighted by Gasteiger charge is -2.30. The molecule has 2 rings (SSSR count). The molecule has 0 bridgehead atoms. The Kier molecular flexibility index (Phi) is 5.21. The van der Waals surface area contributed by atoms with Crippen molar-refractivity contribution < 1.29 is 0 Å². The molecular formula is C16H26N2. The summed E-state index contributed by atoms with van der Waals surface area (Å²) in [7, 11) is 0. The first-order chi connectivity index (χ1) is 8.78. The molecule has 0 amide bonds. The maximum absolute atomic E-state index is 3.36. The Balaban J connectivity index is 1.85. The molecule has 18 heavy (non-hydrogen) atoms. The second-order valence-electron chi connectivity index (χ2n) is 5.58. The van der Waals surface area contributed by atoms with Gasteiger partial charge in [0.1, 0.15) is 0 Å². The Morgan fingerprint density at radius 1 is 1.22 bits per heavy atom. The first kappa shape index (κ1) is 13.6. The molecule has 0 spiro atoms. The number of benzene rings is 1. The number of nitrogens with one attached hydrogen (secondary N) is 1. The molecule has 1 aliphatic heterocycles. The highest BCUT2D eigenvalue weighted by Gasteiger charge is 2.15. The third-order valence-corrected chi connectivity index (χ3v) is 3.75. The molecule has 0 saturated carbocycles. The van der Waals surface area contributed by atoms with Gasteiger partial charge in [0.05, 0.1) is 0 Å². The van der Waals surface area contributed by atoms with Crippen LogP contribution >= 0.6 is 0 Å². The van der Waals surface area contributed by atoms with Gasteiger partial charge in [0.2, 0.25) is 0 Å². The van der Waals surface area contributed by atoms with E-state index in [1.165, 1.54) is 37.1 Å². The van der Waals surface area contributed by atoms with Gasteiger partial charge in [-0.05, 0) is 43.0 Å². The van der Waals surface area contributed by atoms with Crippen LogP contribution in [0.25, 0.3) is 0 Å². The van der Waals surface area contributed by atoms with Gasteiger partial charge in [0.25, 0.3) is 0 Å². The number of hydrogen-bond acceptors (Lipinski definition) is 2. The van der Waals surface area contributed by atoms with E-state index in [4.69, 9.17) is 0 Å². The summed E-state index contributed by atoms with van der Waals surface area (Å²) < 4.78 is 0. The molecule has 0 radical (unpaired) electrons. The van der Waals surface area contributed by atoms with Crippen LogP contribution < -0.4 is 5.32 Å². The van der Waals surface area contributed by atoms with Gasteiger partial charge >= 0.3 is 0 Å². The van der Waals surface area contributed by atoms with Crippen molar-refractivity contribution in [2.75, 3.05) is 19.6 Å². The molecule has 1 aromatic carbocycles. The largest absolute Gasteiger partial charge is 0.313 e. The summed E-state index contributed by atoms with van der Waals surface area (Å²) in [5.41, 5.74) is 2.83. The average Bonchev–Trinajstić information content (AvgIpc) is 2.38. The smallest absolute Gasteiger partial charge is 0.0233 e. The van der Waals surface area contributed by atoms with Crippen LogP contribution in [-0.2, 0) is 13.1 Å². The zero-order valence-corrected chi connectivity index (χ0v) is 11.8. The number of rotatable bonds is 5. The summed E-state index contributed by atoms with van der Waals surface area (Å²) in [6.45, 7) is 10.2. The van der Waals surface area contributed by atoms with E-state index in [-0.39, 0.29) is 0 Å². The van der Waals surface area contributed by atoms with Gasteiger partial charge in [0, 0.05) is 19.6 Å². The van der Waals surface area contributed by atoms with Crippen LogP contribution in [0.5, 0.6) is 0 Å². The minimum Gasteiger partial charge on any atom is -0.313 e. The van der Waals surface area contributed by atoms with E-state index < -0.39 is 0 Å². The SMILES string of the molecule is CCNCc1ccc(CN2CCCC(C)C2)cc1. The summed E-state index contributed by atoms with van der Waals surface area (Å²) >= 11 is 0. The lowest BCUT2D eigenvalue weighted by atomic mass is 9.99. The molecule has 1 unspecified atom stereocenters. The number of likely N-dealkylation sites (tertiary alicyclic amines) is 1. The standard InChI is InChI=1S/C16H26N2/c1-3-17-11-15-6-8-16(9-7-15)13-18-10-4-5-14(2)12-18/h6-9,14,17H,3-5,10-13H2,1-2H3. The molecule has 1 aromatic rings. The zero-order chi connectivity index (χ0) is 12.8. The molecule has 1 heterocycles. The predicted molar refractivity (Wildman–Crippen MR) is 77.5 cm³/mol. The molecule has 0 aromatic heterocycles. The maximum atomic E-state index is 3.36. The lowest BCUT2D eigenvalue weighted by molar-refractivity contribution is 0.176. The van der Waals surface area contributed by atoms with Crippen LogP contribution in [0.1, 0.15) is 37.8 Å². The highest BCUT2D eigenvalue weighted by molar-refractivity contribution is 5.22. The van der Waals surface area contributed by atoms with Crippen molar-refractivity contribution in [3.63, 3.8) is 0 Å². The minimum atomic E-state index is 0.867. The highest BCUT2D eigenvalue weighted by atomic mass is 15.1. The molecule has 1 N–H and O–H groups in total. The summed E-state index contributed by atoms with van der Waals surface area (Å²) in [4.78, 5) is 2.59. The summed E-state index contributed by atoms with van der Waals surface area (Å²) in [5, 5.41) is 3.36. The fourth-order valence-corrected chi connectivity index (χ4v) is 2.72. The van der Waals surface area contributed by atoms with Crippen LogP contribution in [-0.4, -0.2) is 24.5 Å². The summed E-state index contributed by atoms with van der Waals surface area (Å²) in [6, 6.07) is 9.08. The van der Waals surface area contributed by atoms with E-state index >= 15 is 0 Å². The first-order valence-corrected chi connectivity index (χ1v) is 7.29. The molecule has 100 valence electrons. The molecule has 1 aliphatic rings. The predicted octanol–water partition coefficient (Wildman–Crippen LogP) is 3.03. The molecule has 1 atom stereocenters. The van der Waals surface area contributed by atoms with Gasteiger partial charge in [-0.15, -0.1) is 0 Å². The second-order valence-corrected chi connectivity index (χ2v) is 5.58. The quantitative estimate of drug-likeness (QED) is 0.859. The molecule has 2 nitrogen and oxygen atoms in total. The Labute approximate surface area is 111 Å². The van der Waals surface area contributed by atoms with Crippen molar-refractivity contribution in [3.8, 4) is 0 Å². The fraction of sp³-hybridized carbons (Fsp3) is 0.625. The van der Waals surface area contributed by atoms with E-state index in [1.807, 2.05) is 0 Å². The maximum Gasteiger partial charge on any atom is 0.0233 e. The molecular weight excluding hydrogens is 220 g/mol. The van der Waals surface area contributed by atoms with E-state index in [2.05, 4.69) is 48.3 Å². The third kappa shape index (κ3) is 4.11. The van der Waals surface area contributed by atoms with E-state index in [0.717, 1.165) is 25.6 Å². The molecule has 1 fully saturated rings. The summed E-state index contributed by atoms with van der Waals surface area (Å²) in [5.74, 6) is 0.867. The van der Waals surface area contributed by atoms with Crippen molar-refractivity contribution in [2.45, 2.75) is 39.8 Å². The van der Waals surface area contributed by atoms with Crippen LogP contribution in [0.4, 0.5) is 0 Å². The normalized spacial score (nSPS) is 21.1. The van der Waals surface area contributed by atoms with Gasteiger partial charge in [-0.3, -0.25) is 4.90 Å². The first-order valence-electron chi connectivity index (χ1n) is 7.29. The number of piperidine rings is 1. The number of hydrogen-bond donors (Lipinski definition) is 1. The molecule has 2 heteroatoms. The van der Waals surface area contributed by atoms with Gasteiger partial charge in [-0.25, -0.2) is 0 Å². The fourth-order valence-electron chi connectivity index (χ4n) is 2.72. The van der Waals surface area contributed by atoms with E-state index in [0.29, 0.717) is 0 Å². The lowest BCUT2D eigenvalue weighted by Crippen LogP contribution is -2.33. The van der Waals surface area contributed by atoms with Crippen molar-refractivity contribution in [1.29, 1.82) is 0 Å². The monoisotopic (exact) mass is 246 g/mol. The molecule has 1 saturated heterocycles. The second kappa shape index (κ2) is 6.91. The van der Waals surface area contributed by atoms with Crippen LogP contribution in [0.15, 0.2) is 24.3 Å². The van der Waals surface area contributed by atoms with Crippen LogP contribution in [0.3, 0.4) is 0 Å². The Morgan fingerprint density at radius 3 is 2.61 bits per heavy atom. The van der Waals surface area contributed by atoms with Crippen molar-refractivity contribution in [3.05, 3.63) is 35.4 Å². The van der Waals surface area contributed by atoms with Crippen LogP contribution in [0, 0.1) is 5.92 Å². The summed E-state index contributed by atoms with van der Waals surface area (Å²) in [6.07, 6.45) is 2.76. The number of nitrogens with zero attached hydrogens (tertiary/aromatic N) is 1. The third-order valence-electron chi connectivity index (χ3n) is 3.75. The van der Waals surface area contributed by atoms with E-state index in [1.54, 1.807) is 0 Å². The highest BCUT2D eigenvalue weighted by Crippen LogP contribution is 2.18. The van der Waals surface area contributed by atoms with Gasteiger partial charge in [-0.2, -0.15) is 0 Å². The molecule has 0 aliphatic carbocycles. The average molecular weight is 246 g/mol. The Bertz CT molecular complexity index is 345. The Hall–Kier alpha value is -0.860. The topological polar surface area (TPSA) is 15.3 Å². The van der Waals surface area contributed by atoms with Crippen LogP contribution in [0.2, 0.25) is 0 Å². The van der Waals surface area contributed by atoms with Crippen molar-refractivity contribution in [1.82, 2.24) is 10.2 Å². The van der Waals surface area contributed by atoms with Crippen molar-refractivity contribution >= 4 is 0 Å².